The molecule has 0 amide bonds. The lowest BCUT2D eigenvalue weighted by atomic mass is 10.3. The number of benzene rings is 1. The van der Waals surface area contributed by atoms with Crippen molar-refractivity contribution in [3.05, 3.63) is 29.3 Å². The number of hydrogen-bond donors (Lipinski definition) is 1. The summed E-state index contributed by atoms with van der Waals surface area (Å²) in [5.41, 5.74) is 5.79. The van der Waals surface area contributed by atoms with E-state index < -0.39 is 0 Å². The van der Waals surface area contributed by atoms with Gasteiger partial charge in [-0.25, -0.2) is 0 Å². The number of thioether (sulfide) groups is 1. The van der Waals surface area contributed by atoms with Gasteiger partial charge in [0.05, 0.1) is 24.3 Å². The van der Waals surface area contributed by atoms with Crippen LogP contribution in [0.5, 0.6) is 5.75 Å². The van der Waals surface area contributed by atoms with Gasteiger partial charge in [0.2, 0.25) is 0 Å². The lowest BCUT2D eigenvalue weighted by Gasteiger charge is -2.08. The highest BCUT2D eigenvalue weighted by Gasteiger charge is 2.02. The molecule has 0 radical (unpaired) electrons. The molecule has 0 spiro atoms. The minimum atomic E-state index is 0.0713. The molecule has 0 aromatic heterocycles. The summed E-state index contributed by atoms with van der Waals surface area (Å²) in [6.07, 6.45) is 0. The zero-order valence-electron chi connectivity index (χ0n) is 11.1. The molecule has 0 heterocycles. The minimum Gasteiger partial charge on any atom is -0.491 e. The van der Waals surface area contributed by atoms with Crippen molar-refractivity contribution in [1.29, 1.82) is 0 Å². The second-order valence-electron chi connectivity index (χ2n) is 3.90. The van der Waals surface area contributed by atoms with Crippen LogP contribution in [0.15, 0.2) is 29.3 Å². The molecule has 1 atom stereocenters. The average molecular weight is 303 g/mol. The molecule has 106 valence electrons. The van der Waals surface area contributed by atoms with Crippen LogP contribution in [0.3, 0.4) is 0 Å². The highest BCUT2D eigenvalue weighted by atomic mass is 35.5. The summed E-state index contributed by atoms with van der Waals surface area (Å²) in [4.78, 5) is 4.28. The fourth-order valence-corrected chi connectivity index (χ4v) is 2.21. The average Bonchev–Trinajstić information content (AvgIpc) is 2.36. The van der Waals surface area contributed by atoms with Crippen molar-refractivity contribution in [3.8, 4) is 5.75 Å². The SMILES string of the molecule is COC[C@H](C)N=C(N)SCCOc1ccccc1Cl. The second kappa shape index (κ2) is 9.07. The van der Waals surface area contributed by atoms with Gasteiger partial charge in [-0.15, -0.1) is 0 Å². The Morgan fingerprint density at radius 2 is 2.21 bits per heavy atom. The molecule has 1 rings (SSSR count). The van der Waals surface area contributed by atoms with Gasteiger partial charge < -0.3 is 15.2 Å². The number of methoxy groups -OCH3 is 1. The number of hydrogen-bond acceptors (Lipinski definition) is 4. The van der Waals surface area contributed by atoms with E-state index in [-0.39, 0.29) is 6.04 Å². The first-order valence-electron chi connectivity index (χ1n) is 5.95. The van der Waals surface area contributed by atoms with E-state index in [2.05, 4.69) is 4.99 Å². The third-order valence-electron chi connectivity index (χ3n) is 2.18. The van der Waals surface area contributed by atoms with Gasteiger partial charge in [0.25, 0.3) is 0 Å². The molecule has 0 unspecified atom stereocenters. The van der Waals surface area contributed by atoms with E-state index in [0.29, 0.717) is 29.2 Å². The second-order valence-corrected chi connectivity index (χ2v) is 5.42. The normalized spacial score (nSPS) is 13.3. The molecule has 0 fully saturated rings. The standard InChI is InChI=1S/C13H19ClN2O2S/c1-10(9-17-2)16-13(15)19-8-7-18-12-6-4-3-5-11(12)14/h3-6,10H,7-9H2,1-2H3,(H2,15,16)/t10-/m0/s1. The molecule has 0 aliphatic carbocycles. The molecular formula is C13H19ClN2O2S. The van der Waals surface area contributed by atoms with Crippen LogP contribution >= 0.6 is 23.4 Å². The van der Waals surface area contributed by atoms with Crippen LogP contribution in [0, 0.1) is 0 Å². The van der Waals surface area contributed by atoms with E-state index in [4.69, 9.17) is 26.8 Å². The fourth-order valence-electron chi connectivity index (χ4n) is 1.39. The smallest absolute Gasteiger partial charge is 0.154 e. The Labute approximate surface area is 123 Å². The lowest BCUT2D eigenvalue weighted by molar-refractivity contribution is 0.186. The summed E-state index contributed by atoms with van der Waals surface area (Å²) < 4.78 is 10.5. The summed E-state index contributed by atoms with van der Waals surface area (Å²) in [5.74, 6) is 1.41. The van der Waals surface area contributed by atoms with Crippen LogP contribution < -0.4 is 10.5 Å². The minimum absolute atomic E-state index is 0.0713. The summed E-state index contributed by atoms with van der Waals surface area (Å²) in [6, 6.07) is 7.46. The Morgan fingerprint density at radius 1 is 1.47 bits per heavy atom. The van der Waals surface area contributed by atoms with E-state index in [1.807, 2.05) is 25.1 Å². The third kappa shape index (κ3) is 6.71. The summed E-state index contributed by atoms with van der Waals surface area (Å²) >= 11 is 7.44. The van der Waals surface area contributed by atoms with E-state index in [0.717, 1.165) is 5.75 Å². The van der Waals surface area contributed by atoms with Crippen LogP contribution in [0.4, 0.5) is 0 Å². The number of halogens is 1. The van der Waals surface area contributed by atoms with Gasteiger partial charge in [-0.05, 0) is 19.1 Å². The molecule has 0 saturated carbocycles. The van der Waals surface area contributed by atoms with Crippen molar-refractivity contribution in [3.63, 3.8) is 0 Å². The maximum atomic E-state index is 5.98. The summed E-state index contributed by atoms with van der Waals surface area (Å²) in [6.45, 7) is 3.05. The number of aliphatic imine (C=N–C) groups is 1. The molecule has 2 N–H and O–H groups in total. The molecule has 1 aromatic rings. The number of nitrogens with zero attached hydrogens (tertiary/aromatic N) is 1. The molecule has 0 aliphatic heterocycles. The Morgan fingerprint density at radius 3 is 2.89 bits per heavy atom. The van der Waals surface area contributed by atoms with Gasteiger partial charge in [-0.1, -0.05) is 35.5 Å². The molecular weight excluding hydrogens is 284 g/mol. The highest BCUT2D eigenvalue weighted by molar-refractivity contribution is 8.13. The number of ether oxygens (including phenoxy) is 2. The molecule has 6 heteroatoms. The van der Waals surface area contributed by atoms with Crippen LogP contribution in [-0.4, -0.2) is 37.3 Å². The monoisotopic (exact) mass is 302 g/mol. The Bertz CT molecular complexity index is 415. The van der Waals surface area contributed by atoms with Gasteiger partial charge in [-0.2, -0.15) is 0 Å². The Balaban J connectivity index is 2.26. The van der Waals surface area contributed by atoms with E-state index in [1.54, 1.807) is 13.2 Å². The zero-order chi connectivity index (χ0) is 14.1. The highest BCUT2D eigenvalue weighted by Crippen LogP contribution is 2.23. The first-order valence-corrected chi connectivity index (χ1v) is 7.32. The van der Waals surface area contributed by atoms with Crippen LogP contribution in [0.1, 0.15) is 6.92 Å². The van der Waals surface area contributed by atoms with Gasteiger partial charge in [0.15, 0.2) is 5.17 Å². The van der Waals surface area contributed by atoms with E-state index >= 15 is 0 Å². The van der Waals surface area contributed by atoms with Crippen LogP contribution in [-0.2, 0) is 4.74 Å². The van der Waals surface area contributed by atoms with Crippen molar-refractivity contribution in [2.24, 2.45) is 10.7 Å². The van der Waals surface area contributed by atoms with Gasteiger partial charge in [0, 0.05) is 12.9 Å². The number of para-hydroxylation sites is 1. The summed E-state index contributed by atoms with van der Waals surface area (Å²) in [5, 5.41) is 1.16. The van der Waals surface area contributed by atoms with Gasteiger partial charge >= 0.3 is 0 Å². The zero-order valence-corrected chi connectivity index (χ0v) is 12.7. The van der Waals surface area contributed by atoms with Crippen LogP contribution in [0.25, 0.3) is 0 Å². The van der Waals surface area contributed by atoms with Crippen molar-refractivity contribution >= 4 is 28.5 Å². The molecule has 0 saturated heterocycles. The first-order chi connectivity index (χ1) is 9.13. The number of rotatable bonds is 7. The van der Waals surface area contributed by atoms with Gasteiger partial charge in [0.1, 0.15) is 5.75 Å². The molecule has 4 nitrogen and oxygen atoms in total. The Hall–Kier alpha value is -0.910. The predicted octanol–water partition coefficient (Wildman–Crippen LogP) is 2.80. The van der Waals surface area contributed by atoms with Crippen molar-refractivity contribution in [1.82, 2.24) is 0 Å². The van der Waals surface area contributed by atoms with E-state index in [9.17, 15) is 0 Å². The van der Waals surface area contributed by atoms with Crippen molar-refractivity contribution in [2.45, 2.75) is 13.0 Å². The first kappa shape index (κ1) is 16.1. The fraction of sp³-hybridized carbons (Fsp3) is 0.462. The van der Waals surface area contributed by atoms with Gasteiger partial charge in [-0.3, -0.25) is 4.99 Å². The Kier molecular flexibility index (Phi) is 7.70. The molecule has 1 aromatic carbocycles. The maximum absolute atomic E-state index is 5.98. The predicted molar refractivity (Wildman–Crippen MR) is 82.4 cm³/mol. The lowest BCUT2D eigenvalue weighted by Crippen LogP contribution is -2.16. The molecule has 0 aliphatic rings. The largest absolute Gasteiger partial charge is 0.491 e. The summed E-state index contributed by atoms with van der Waals surface area (Å²) in [7, 11) is 1.65. The maximum Gasteiger partial charge on any atom is 0.154 e. The number of nitrogens with two attached hydrogens (primary N) is 1. The quantitative estimate of drug-likeness (QED) is 0.478. The number of amidine groups is 1. The molecule has 0 bridgehead atoms. The third-order valence-corrected chi connectivity index (χ3v) is 3.27. The van der Waals surface area contributed by atoms with Crippen molar-refractivity contribution < 1.29 is 9.47 Å². The topological polar surface area (TPSA) is 56.8 Å². The van der Waals surface area contributed by atoms with Crippen molar-refractivity contribution in [2.75, 3.05) is 26.1 Å². The van der Waals surface area contributed by atoms with Crippen LogP contribution in [0.2, 0.25) is 5.02 Å². The van der Waals surface area contributed by atoms with E-state index in [1.165, 1.54) is 11.8 Å². The molecule has 19 heavy (non-hydrogen) atoms.